The van der Waals surface area contributed by atoms with E-state index in [-0.39, 0.29) is 6.61 Å². The predicted octanol–water partition coefficient (Wildman–Crippen LogP) is -0.472. The zero-order chi connectivity index (χ0) is 9.10. The van der Waals surface area contributed by atoms with Crippen molar-refractivity contribution in [2.45, 2.75) is 0 Å². The minimum atomic E-state index is 0.0623. The monoisotopic (exact) mass is 179 g/mol. The highest BCUT2D eigenvalue weighted by molar-refractivity contribution is 5.42. The van der Waals surface area contributed by atoms with Crippen LogP contribution in [-0.4, -0.2) is 37.8 Å². The van der Waals surface area contributed by atoms with Crippen LogP contribution in [-0.2, 0) is 0 Å². The highest BCUT2D eigenvalue weighted by atomic mass is 16.3. The van der Waals surface area contributed by atoms with E-state index in [9.17, 15) is 0 Å². The van der Waals surface area contributed by atoms with E-state index in [4.69, 9.17) is 5.11 Å². The molecule has 13 heavy (non-hydrogen) atoms. The minimum absolute atomic E-state index is 0.0623. The smallest absolute Gasteiger partial charge is 0.225 e. The molecule has 68 valence electrons. The maximum absolute atomic E-state index is 8.61. The zero-order valence-electron chi connectivity index (χ0n) is 6.88. The summed E-state index contributed by atoms with van der Waals surface area (Å²) in [6, 6.07) is 1.76. The van der Waals surface area contributed by atoms with E-state index in [2.05, 4.69) is 20.4 Å². The summed E-state index contributed by atoms with van der Waals surface area (Å²) in [6.45, 7) is 0.513. The van der Waals surface area contributed by atoms with Crippen molar-refractivity contribution in [1.29, 1.82) is 0 Å². The molecule has 2 heterocycles. The molecule has 0 amide bonds. The first-order chi connectivity index (χ1) is 6.42. The SMILES string of the molecule is OCCNc1nccc2ncnn12. The molecule has 6 nitrogen and oxygen atoms in total. The molecule has 0 unspecified atom stereocenters. The van der Waals surface area contributed by atoms with Gasteiger partial charge in [0.25, 0.3) is 0 Å². The van der Waals surface area contributed by atoms with E-state index in [0.29, 0.717) is 12.5 Å². The van der Waals surface area contributed by atoms with E-state index in [1.165, 1.54) is 6.33 Å². The Morgan fingerprint density at radius 1 is 1.46 bits per heavy atom. The maximum Gasteiger partial charge on any atom is 0.225 e. The largest absolute Gasteiger partial charge is 0.395 e. The van der Waals surface area contributed by atoms with Crippen LogP contribution in [0.25, 0.3) is 5.65 Å². The number of fused-ring (bicyclic) bond motifs is 1. The number of anilines is 1. The van der Waals surface area contributed by atoms with Crippen LogP contribution in [0.5, 0.6) is 0 Å². The van der Waals surface area contributed by atoms with Gasteiger partial charge in [0, 0.05) is 18.8 Å². The van der Waals surface area contributed by atoms with Gasteiger partial charge in [-0.15, -0.1) is 0 Å². The van der Waals surface area contributed by atoms with Gasteiger partial charge in [0.1, 0.15) is 6.33 Å². The Balaban J connectivity index is 2.37. The topological polar surface area (TPSA) is 75.3 Å². The Hall–Kier alpha value is -1.69. The van der Waals surface area contributed by atoms with Gasteiger partial charge in [-0.1, -0.05) is 0 Å². The van der Waals surface area contributed by atoms with Crippen LogP contribution in [0.4, 0.5) is 5.95 Å². The summed E-state index contributed by atoms with van der Waals surface area (Å²) in [5.41, 5.74) is 0.732. The van der Waals surface area contributed by atoms with Crippen molar-refractivity contribution in [2.75, 3.05) is 18.5 Å². The fraction of sp³-hybridized carbons (Fsp3) is 0.286. The van der Waals surface area contributed by atoms with Gasteiger partial charge >= 0.3 is 0 Å². The molecule has 0 aliphatic carbocycles. The molecule has 0 aliphatic heterocycles. The number of rotatable bonds is 3. The van der Waals surface area contributed by atoms with Gasteiger partial charge in [-0.3, -0.25) is 0 Å². The van der Waals surface area contributed by atoms with Gasteiger partial charge in [-0.25, -0.2) is 9.97 Å². The van der Waals surface area contributed by atoms with Crippen molar-refractivity contribution in [3.63, 3.8) is 0 Å². The Labute approximate surface area is 74.3 Å². The molecule has 2 rings (SSSR count). The van der Waals surface area contributed by atoms with Crippen molar-refractivity contribution >= 4 is 11.6 Å². The number of aromatic nitrogens is 4. The van der Waals surface area contributed by atoms with Crippen molar-refractivity contribution in [3.05, 3.63) is 18.6 Å². The number of aliphatic hydroxyl groups excluding tert-OH is 1. The lowest BCUT2D eigenvalue weighted by Gasteiger charge is -2.03. The zero-order valence-corrected chi connectivity index (χ0v) is 6.88. The average molecular weight is 179 g/mol. The first-order valence-electron chi connectivity index (χ1n) is 3.91. The molecule has 6 heteroatoms. The summed E-state index contributed by atoms with van der Waals surface area (Å²) in [6.07, 6.45) is 3.10. The predicted molar refractivity (Wildman–Crippen MR) is 46.4 cm³/mol. The molecule has 0 bridgehead atoms. The molecule has 0 atom stereocenters. The molecule has 0 radical (unpaired) electrons. The number of nitrogens with zero attached hydrogens (tertiary/aromatic N) is 4. The molecule has 0 saturated heterocycles. The van der Waals surface area contributed by atoms with Crippen molar-refractivity contribution in [1.82, 2.24) is 19.6 Å². The van der Waals surface area contributed by atoms with Crippen molar-refractivity contribution in [2.24, 2.45) is 0 Å². The first kappa shape index (κ1) is 7.93. The second kappa shape index (κ2) is 3.36. The van der Waals surface area contributed by atoms with Crippen molar-refractivity contribution in [3.8, 4) is 0 Å². The second-order valence-electron chi connectivity index (χ2n) is 2.45. The Kier molecular flexibility index (Phi) is 2.05. The van der Waals surface area contributed by atoms with Gasteiger partial charge < -0.3 is 10.4 Å². The lowest BCUT2D eigenvalue weighted by molar-refractivity contribution is 0.310. The van der Waals surface area contributed by atoms with Gasteiger partial charge in [-0.2, -0.15) is 9.61 Å². The third-order valence-corrected chi connectivity index (χ3v) is 1.59. The minimum Gasteiger partial charge on any atom is -0.395 e. The van der Waals surface area contributed by atoms with Crippen LogP contribution in [0.3, 0.4) is 0 Å². The third kappa shape index (κ3) is 1.43. The molecule has 0 aromatic carbocycles. The summed E-state index contributed by atoms with van der Waals surface area (Å²) in [5, 5.41) is 15.5. The fourth-order valence-corrected chi connectivity index (χ4v) is 1.04. The summed E-state index contributed by atoms with van der Waals surface area (Å²) in [5.74, 6) is 0.587. The van der Waals surface area contributed by atoms with E-state index in [1.807, 2.05) is 0 Å². The Morgan fingerprint density at radius 3 is 3.23 bits per heavy atom. The highest BCUT2D eigenvalue weighted by Gasteiger charge is 2.00. The molecule has 0 spiro atoms. The Bertz CT molecular complexity index is 398. The van der Waals surface area contributed by atoms with E-state index in [0.717, 1.165) is 5.65 Å². The molecule has 2 aromatic rings. The molecule has 2 N–H and O–H groups in total. The van der Waals surface area contributed by atoms with Gasteiger partial charge in [0.15, 0.2) is 5.65 Å². The third-order valence-electron chi connectivity index (χ3n) is 1.59. The van der Waals surface area contributed by atoms with Gasteiger partial charge in [0.05, 0.1) is 6.61 Å². The standard InChI is InChI=1S/C7H9N5O/c13-4-3-9-7-8-2-1-6-10-5-11-12(6)7/h1-2,5,13H,3-4H2,(H,8,9). The second-order valence-corrected chi connectivity index (χ2v) is 2.45. The molecule has 0 saturated carbocycles. The van der Waals surface area contributed by atoms with E-state index >= 15 is 0 Å². The Morgan fingerprint density at radius 2 is 2.38 bits per heavy atom. The van der Waals surface area contributed by atoms with Crippen LogP contribution in [0.15, 0.2) is 18.6 Å². The van der Waals surface area contributed by atoms with Crippen molar-refractivity contribution < 1.29 is 5.11 Å². The van der Waals surface area contributed by atoms with Crippen LogP contribution in [0.1, 0.15) is 0 Å². The van der Waals surface area contributed by atoms with Crippen LogP contribution in [0, 0.1) is 0 Å². The molecule has 2 aromatic heterocycles. The van der Waals surface area contributed by atoms with Gasteiger partial charge in [0.2, 0.25) is 5.95 Å². The molecule has 0 fully saturated rings. The van der Waals surface area contributed by atoms with E-state index < -0.39 is 0 Å². The van der Waals surface area contributed by atoms with E-state index in [1.54, 1.807) is 16.8 Å². The van der Waals surface area contributed by atoms with Crippen LogP contribution < -0.4 is 5.32 Å². The molecular formula is C7H9N5O. The average Bonchev–Trinajstić information content (AvgIpc) is 2.62. The first-order valence-corrected chi connectivity index (χ1v) is 3.91. The quantitative estimate of drug-likeness (QED) is 0.666. The number of aliphatic hydroxyl groups is 1. The highest BCUT2D eigenvalue weighted by Crippen LogP contribution is 2.03. The number of nitrogens with one attached hydrogen (secondary N) is 1. The van der Waals surface area contributed by atoms with Crippen LogP contribution in [0.2, 0.25) is 0 Å². The van der Waals surface area contributed by atoms with Gasteiger partial charge in [-0.05, 0) is 0 Å². The van der Waals surface area contributed by atoms with Crippen LogP contribution >= 0.6 is 0 Å². The summed E-state index contributed by atoms with van der Waals surface area (Å²) in [4.78, 5) is 8.05. The molecule has 0 aliphatic rings. The normalized spacial score (nSPS) is 10.5. The maximum atomic E-state index is 8.61. The summed E-state index contributed by atoms with van der Waals surface area (Å²) in [7, 11) is 0. The summed E-state index contributed by atoms with van der Waals surface area (Å²) >= 11 is 0. The number of hydrogen-bond acceptors (Lipinski definition) is 5. The summed E-state index contributed by atoms with van der Waals surface area (Å²) < 4.78 is 1.58. The lowest BCUT2D eigenvalue weighted by Crippen LogP contribution is -2.11. The fourth-order valence-electron chi connectivity index (χ4n) is 1.04. The number of hydrogen-bond donors (Lipinski definition) is 2. The molecular weight excluding hydrogens is 170 g/mol. The lowest BCUT2D eigenvalue weighted by atomic mass is 10.6.